The van der Waals surface area contributed by atoms with Crippen LogP contribution >= 0.6 is 0 Å². The van der Waals surface area contributed by atoms with E-state index in [0.717, 1.165) is 22.3 Å². The van der Waals surface area contributed by atoms with Crippen molar-refractivity contribution in [2.45, 2.75) is 19.3 Å². The number of esters is 1. The van der Waals surface area contributed by atoms with Crippen LogP contribution in [0.3, 0.4) is 0 Å². The zero-order valence-electron chi connectivity index (χ0n) is 10.6. The van der Waals surface area contributed by atoms with Crippen molar-refractivity contribution in [2.75, 3.05) is 13.7 Å². The first-order chi connectivity index (χ1) is 8.67. The highest BCUT2D eigenvalue weighted by Crippen LogP contribution is 2.32. The normalized spacial score (nSPS) is 12.6. The van der Waals surface area contributed by atoms with Crippen LogP contribution in [0.25, 0.3) is 11.0 Å². The number of hydrogen-bond donors (Lipinski definition) is 1. The van der Waals surface area contributed by atoms with E-state index in [-0.39, 0.29) is 18.3 Å². The Morgan fingerprint density at radius 3 is 2.83 bits per heavy atom. The van der Waals surface area contributed by atoms with E-state index in [2.05, 4.69) is 0 Å². The van der Waals surface area contributed by atoms with Crippen LogP contribution < -0.4 is 5.73 Å². The van der Waals surface area contributed by atoms with E-state index in [1.165, 1.54) is 7.11 Å². The first-order valence-corrected chi connectivity index (χ1v) is 5.92. The molecular formula is C14H17NO3. The van der Waals surface area contributed by atoms with Crippen molar-refractivity contribution in [3.63, 3.8) is 0 Å². The molecule has 0 bridgehead atoms. The van der Waals surface area contributed by atoms with Crippen molar-refractivity contribution >= 4 is 16.9 Å². The fraction of sp³-hybridized carbons (Fsp3) is 0.357. The molecule has 0 radical (unpaired) electrons. The van der Waals surface area contributed by atoms with E-state index in [0.29, 0.717) is 6.54 Å². The molecule has 0 aliphatic rings. The highest BCUT2D eigenvalue weighted by molar-refractivity contribution is 5.83. The second-order valence-corrected chi connectivity index (χ2v) is 4.28. The third-order valence-electron chi connectivity index (χ3n) is 3.15. The van der Waals surface area contributed by atoms with Crippen LogP contribution in [-0.2, 0) is 9.53 Å². The lowest BCUT2D eigenvalue weighted by molar-refractivity contribution is -0.141. The minimum Gasteiger partial charge on any atom is -0.469 e. The van der Waals surface area contributed by atoms with E-state index in [9.17, 15) is 4.79 Å². The van der Waals surface area contributed by atoms with E-state index >= 15 is 0 Å². The largest absolute Gasteiger partial charge is 0.469 e. The van der Waals surface area contributed by atoms with E-state index in [1.807, 2.05) is 31.2 Å². The number of aryl methyl sites for hydroxylation is 1. The average molecular weight is 247 g/mol. The Labute approximate surface area is 106 Å². The molecule has 0 amide bonds. The lowest BCUT2D eigenvalue weighted by Crippen LogP contribution is -2.17. The van der Waals surface area contributed by atoms with Crippen molar-refractivity contribution in [3.05, 3.63) is 35.6 Å². The smallest absolute Gasteiger partial charge is 0.306 e. The van der Waals surface area contributed by atoms with Gasteiger partial charge in [-0.15, -0.1) is 0 Å². The summed E-state index contributed by atoms with van der Waals surface area (Å²) in [6.07, 6.45) is 0.275. The first-order valence-electron chi connectivity index (χ1n) is 5.92. The van der Waals surface area contributed by atoms with Gasteiger partial charge in [-0.3, -0.25) is 4.79 Å². The lowest BCUT2D eigenvalue weighted by Gasteiger charge is -2.13. The predicted octanol–water partition coefficient (Wildman–Crippen LogP) is 2.35. The zero-order chi connectivity index (χ0) is 13.1. The van der Waals surface area contributed by atoms with Crippen molar-refractivity contribution < 1.29 is 13.9 Å². The molecule has 18 heavy (non-hydrogen) atoms. The summed E-state index contributed by atoms with van der Waals surface area (Å²) in [7, 11) is 1.39. The Hall–Kier alpha value is -1.81. The fourth-order valence-corrected chi connectivity index (χ4v) is 2.28. The van der Waals surface area contributed by atoms with Gasteiger partial charge in [0.25, 0.3) is 0 Å². The van der Waals surface area contributed by atoms with Crippen LogP contribution in [-0.4, -0.2) is 19.6 Å². The van der Waals surface area contributed by atoms with Crippen LogP contribution in [0.15, 0.2) is 28.7 Å². The maximum Gasteiger partial charge on any atom is 0.306 e. The van der Waals surface area contributed by atoms with E-state index in [1.54, 1.807) is 0 Å². The molecule has 1 aromatic heterocycles. The van der Waals surface area contributed by atoms with Gasteiger partial charge in [0.05, 0.1) is 13.5 Å². The third kappa shape index (κ3) is 2.24. The van der Waals surface area contributed by atoms with Crippen molar-refractivity contribution in [2.24, 2.45) is 5.73 Å². The van der Waals surface area contributed by atoms with E-state index in [4.69, 9.17) is 14.9 Å². The number of carbonyl (C=O) groups is 1. The van der Waals surface area contributed by atoms with E-state index < -0.39 is 0 Å². The van der Waals surface area contributed by atoms with Gasteiger partial charge in [-0.2, -0.15) is 0 Å². The van der Waals surface area contributed by atoms with Gasteiger partial charge < -0.3 is 14.9 Å². The average Bonchev–Trinajstić information content (AvgIpc) is 2.71. The molecule has 0 saturated heterocycles. The number of fused-ring (bicyclic) bond motifs is 1. The molecule has 0 fully saturated rings. The molecule has 0 aliphatic heterocycles. The summed E-state index contributed by atoms with van der Waals surface area (Å²) in [5, 5.41) is 1.02. The third-order valence-corrected chi connectivity index (χ3v) is 3.15. The molecule has 0 aliphatic carbocycles. The van der Waals surface area contributed by atoms with Crippen LogP contribution in [0.2, 0.25) is 0 Å². The van der Waals surface area contributed by atoms with Gasteiger partial charge in [-0.1, -0.05) is 18.2 Å². The van der Waals surface area contributed by atoms with Gasteiger partial charge in [0, 0.05) is 16.9 Å². The van der Waals surface area contributed by atoms with Crippen molar-refractivity contribution in [3.8, 4) is 0 Å². The summed E-state index contributed by atoms with van der Waals surface area (Å²) in [5.74, 6) is 0.492. The van der Waals surface area contributed by atoms with Crippen LogP contribution in [0.1, 0.15) is 23.7 Å². The molecule has 1 aromatic carbocycles. The molecule has 4 nitrogen and oxygen atoms in total. The highest BCUT2D eigenvalue weighted by Gasteiger charge is 2.22. The number of para-hydroxylation sites is 1. The number of hydrogen-bond acceptors (Lipinski definition) is 4. The van der Waals surface area contributed by atoms with Gasteiger partial charge in [-0.05, 0) is 19.5 Å². The summed E-state index contributed by atoms with van der Waals surface area (Å²) in [4.78, 5) is 11.4. The number of carbonyl (C=O) groups excluding carboxylic acids is 1. The second-order valence-electron chi connectivity index (χ2n) is 4.28. The molecule has 1 unspecified atom stereocenters. The molecule has 4 heteroatoms. The molecule has 96 valence electrons. The lowest BCUT2D eigenvalue weighted by atomic mass is 9.93. The predicted molar refractivity (Wildman–Crippen MR) is 69.4 cm³/mol. The molecule has 2 rings (SSSR count). The molecule has 1 atom stereocenters. The molecule has 0 saturated carbocycles. The molecular weight excluding hydrogens is 230 g/mol. The van der Waals surface area contributed by atoms with Gasteiger partial charge >= 0.3 is 5.97 Å². The Morgan fingerprint density at radius 2 is 2.17 bits per heavy atom. The van der Waals surface area contributed by atoms with Crippen LogP contribution in [0.5, 0.6) is 0 Å². The minimum absolute atomic E-state index is 0.0684. The molecule has 1 heterocycles. The topological polar surface area (TPSA) is 65.5 Å². The van der Waals surface area contributed by atoms with Gasteiger partial charge in [0.1, 0.15) is 11.3 Å². The highest BCUT2D eigenvalue weighted by atomic mass is 16.5. The van der Waals surface area contributed by atoms with Crippen molar-refractivity contribution in [1.82, 2.24) is 0 Å². The van der Waals surface area contributed by atoms with Crippen LogP contribution in [0, 0.1) is 6.92 Å². The molecule has 2 aromatic rings. The molecule has 2 N–H and O–H groups in total. The summed E-state index contributed by atoms with van der Waals surface area (Å²) in [6, 6.07) is 7.78. The number of nitrogens with two attached hydrogens (primary N) is 1. The zero-order valence-corrected chi connectivity index (χ0v) is 10.6. The Morgan fingerprint density at radius 1 is 1.44 bits per heavy atom. The Balaban J connectivity index is 2.44. The number of furan rings is 1. The Kier molecular flexibility index (Phi) is 3.67. The number of benzene rings is 1. The Bertz CT molecular complexity index is 559. The number of rotatable bonds is 4. The summed E-state index contributed by atoms with van der Waals surface area (Å²) in [6.45, 7) is 2.29. The standard InChI is InChI=1S/C14H17NO3/c1-9-14(10(8-15)7-13(16)17-2)11-5-3-4-6-12(11)18-9/h3-6,10H,7-8,15H2,1-2H3. The number of ether oxygens (including phenoxy) is 1. The minimum atomic E-state index is -0.255. The first kappa shape index (κ1) is 12.6. The van der Waals surface area contributed by atoms with Gasteiger partial charge in [0.15, 0.2) is 0 Å². The van der Waals surface area contributed by atoms with Crippen molar-refractivity contribution in [1.29, 1.82) is 0 Å². The number of methoxy groups -OCH3 is 1. The fourth-order valence-electron chi connectivity index (χ4n) is 2.28. The summed E-state index contributed by atoms with van der Waals surface area (Å²) in [5.41, 5.74) is 7.62. The summed E-state index contributed by atoms with van der Waals surface area (Å²) < 4.78 is 10.4. The quantitative estimate of drug-likeness (QED) is 0.842. The second kappa shape index (κ2) is 5.23. The maximum absolute atomic E-state index is 11.4. The maximum atomic E-state index is 11.4. The van der Waals surface area contributed by atoms with Crippen LogP contribution in [0.4, 0.5) is 0 Å². The van der Waals surface area contributed by atoms with Gasteiger partial charge in [0.2, 0.25) is 0 Å². The van der Waals surface area contributed by atoms with Gasteiger partial charge in [-0.25, -0.2) is 0 Å². The SMILES string of the molecule is COC(=O)CC(CN)c1c(C)oc2ccccc12. The summed E-state index contributed by atoms with van der Waals surface area (Å²) >= 11 is 0. The molecule has 0 spiro atoms. The monoisotopic (exact) mass is 247 g/mol.